The standard InChI is InChI=1S/C17H12OS/c18-11-17-10-16(12-19-17)15-8-4-7-14(9-15)13-5-2-1-3-6-13/h1-12H. The second-order valence-corrected chi connectivity index (χ2v) is 5.25. The Labute approximate surface area is 116 Å². The van der Waals surface area contributed by atoms with Gasteiger partial charge in [-0.2, -0.15) is 0 Å². The van der Waals surface area contributed by atoms with Crippen LogP contribution in [-0.4, -0.2) is 6.29 Å². The van der Waals surface area contributed by atoms with E-state index in [0.29, 0.717) is 0 Å². The molecule has 0 saturated heterocycles. The summed E-state index contributed by atoms with van der Waals surface area (Å²) in [7, 11) is 0. The molecule has 19 heavy (non-hydrogen) atoms. The Bertz CT molecular complexity index is 698. The van der Waals surface area contributed by atoms with Crippen LogP contribution in [0.3, 0.4) is 0 Å². The third-order valence-corrected chi connectivity index (χ3v) is 3.90. The quantitative estimate of drug-likeness (QED) is 0.615. The van der Waals surface area contributed by atoms with Crippen molar-refractivity contribution in [3.63, 3.8) is 0 Å². The van der Waals surface area contributed by atoms with Crippen molar-refractivity contribution in [3.8, 4) is 22.3 Å². The molecule has 2 heteroatoms. The molecule has 0 atom stereocenters. The van der Waals surface area contributed by atoms with E-state index in [1.165, 1.54) is 22.5 Å². The number of carbonyl (C=O) groups excluding carboxylic acids is 1. The number of aldehydes is 1. The van der Waals surface area contributed by atoms with Crippen molar-refractivity contribution in [2.24, 2.45) is 0 Å². The van der Waals surface area contributed by atoms with E-state index in [9.17, 15) is 4.79 Å². The molecular formula is C17H12OS. The van der Waals surface area contributed by atoms with E-state index in [1.807, 2.05) is 29.6 Å². The van der Waals surface area contributed by atoms with Gasteiger partial charge in [-0.15, -0.1) is 11.3 Å². The van der Waals surface area contributed by atoms with Crippen LogP contribution in [0.4, 0.5) is 0 Å². The van der Waals surface area contributed by atoms with Crippen LogP contribution in [0.1, 0.15) is 9.67 Å². The lowest BCUT2D eigenvalue weighted by Gasteiger charge is -2.04. The highest BCUT2D eigenvalue weighted by Gasteiger charge is 2.03. The number of rotatable bonds is 3. The fraction of sp³-hybridized carbons (Fsp3) is 0. The normalized spacial score (nSPS) is 10.3. The van der Waals surface area contributed by atoms with Gasteiger partial charge in [0.15, 0.2) is 6.29 Å². The van der Waals surface area contributed by atoms with Gasteiger partial charge in [0, 0.05) is 0 Å². The fourth-order valence-electron chi connectivity index (χ4n) is 2.07. The zero-order valence-corrected chi connectivity index (χ0v) is 11.1. The van der Waals surface area contributed by atoms with Crippen LogP contribution in [-0.2, 0) is 0 Å². The Morgan fingerprint density at radius 1 is 0.737 bits per heavy atom. The van der Waals surface area contributed by atoms with E-state index in [-0.39, 0.29) is 0 Å². The first-order valence-electron chi connectivity index (χ1n) is 6.06. The third kappa shape index (κ3) is 2.49. The lowest BCUT2D eigenvalue weighted by atomic mass is 10.0. The maximum Gasteiger partial charge on any atom is 0.160 e. The third-order valence-electron chi connectivity index (χ3n) is 3.04. The van der Waals surface area contributed by atoms with Crippen molar-refractivity contribution >= 4 is 17.6 Å². The van der Waals surface area contributed by atoms with Gasteiger partial charge >= 0.3 is 0 Å². The van der Waals surface area contributed by atoms with Gasteiger partial charge in [-0.1, -0.05) is 48.5 Å². The molecule has 0 unspecified atom stereocenters. The van der Waals surface area contributed by atoms with E-state index in [1.54, 1.807) is 0 Å². The molecule has 0 N–H and O–H groups in total. The van der Waals surface area contributed by atoms with Crippen molar-refractivity contribution < 1.29 is 4.79 Å². The SMILES string of the molecule is O=Cc1cc(-c2cccc(-c3ccccc3)c2)cs1. The molecule has 0 radical (unpaired) electrons. The summed E-state index contributed by atoms with van der Waals surface area (Å²) < 4.78 is 0. The van der Waals surface area contributed by atoms with Crippen molar-refractivity contribution in [1.29, 1.82) is 0 Å². The lowest BCUT2D eigenvalue weighted by molar-refractivity contribution is 0.112. The van der Waals surface area contributed by atoms with E-state index in [0.717, 1.165) is 22.3 Å². The van der Waals surface area contributed by atoms with Crippen molar-refractivity contribution in [2.45, 2.75) is 0 Å². The van der Waals surface area contributed by atoms with Gasteiger partial charge < -0.3 is 0 Å². The Kier molecular flexibility index (Phi) is 3.25. The lowest BCUT2D eigenvalue weighted by Crippen LogP contribution is -1.79. The summed E-state index contributed by atoms with van der Waals surface area (Å²) in [6.45, 7) is 0. The molecule has 0 spiro atoms. The molecule has 0 aliphatic rings. The number of thiophene rings is 1. The predicted octanol–water partition coefficient (Wildman–Crippen LogP) is 4.89. The molecule has 2 aromatic carbocycles. The summed E-state index contributed by atoms with van der Waals surface area (Å²) in [6.07, 6.45) is 0.898. The summed E-state index contributed by atoms with van der Waals surface area (Å²) in [5.41, 5.74) is 4.64. The average molecular weight is 264 g/mol. The fourth-order valence-corrected chi connectivity index (χ4v) is 2.79. The maximum absolute atomic E-state index is 10.7. The maximum atomic E-state index is 10.7. The number of carbonyl (C=O) groups is 1. The summed E-state index contributed by atoms with van der Waals surface area (Å²) >= 11 is 1.48. The second-order valence-electron chi connectivity index (χ2n) is 4.30. The van der Waals surface area contributed by atoms with Gasteiger partial charge in [0.25, 0.3) is 0 Å². The minimum absolute atomic E-state index is 0.764. The highest BCUT2D eigenvalue weighted by atomic mass is 32.1. The topological polar surface area (TPSA) is 17.1 Å². The summed E-state index contributed by atoms with van der Waals surface area (Å²) in [5.74, 6) is 0. The van der Waals surface area contributed by atoms with Crippen molar-refractivity contribution in [2.75, 3.05) is 0 Å². The summed E-state index contributed by atoms with van der Waals surface area (Å²) in [5, 5.41) is 2.02. The van der Waals surface area contributed by atoms with Crippen LogP contribution in [0.15, 0.2) is 66.0 Å². The molecule has 3 aromatic rings. The number of benzene rings is 2. The van der Waals surface area contributed by atoms with E-state index >= 15 is 0 Å². The van der Waals surface area contributed by atoms with Crippen LogP contribution in [0, 0.1) is 0 Å². The number of hydrogen-bond donors (Lipinski definition) is 0. The zero-order chi connectivity index (χ0) is 13.1. The molecule has 0 bridgehead atoms. The molecule has 3 rings (SSSR count). The first-order valence-corrected chi connectivity index (χ1v) is 6.94. The molecule has 0 aliphatic heterocycles. The van der Waals surface area contributed by atoms with E-state index in [4.69, 9.17) is 0 Å². The highest BCUT2D eigenvalue weighted by molar-refractivity contribution is 7.12. The zero-order valence-electron chi connectivity index (χ0n) is 10.2. The van der Waals surface area contributed by atoms with Gasteiger partial charge in [-0.25, -0.2) is 0 Å². The van der Waals surface area contributed by atoms with Gasteiger partial charge in [-0.05, 0) is 39.8 Å². The van der Waals surface area contributed by atoms with Gasteiger partial charge in [0.1, 0.15) is 0 Å². The molecule has 0 saturated carbocycles. The summed E-state index contributed by atoms with van der Waals surface area (Å²) in [6, 6.07) is 20.6. The average Bonchev–Trinajstić information content (AvgIpc) is 2.97. The Morgan fingerprint density at radius 3 is 2.11 bits per heavy atom. The smallest absolute Gasteiger partial charge is 0.160 e. The monoisotopic (exact) mass is 264 g/mol. The van der Waals surface area contributed by atoms with E-state index < -0.39 is 0 Å². The minimum atomic E-state index is 0.764. The predicted molar refractivity (Wildman–Crippen MR) is 80.6 cm³/mol. The molecule has 0 aliphatic carbocycles. The van der Waals surface area contributed by atoms with Crippen LogP contribution in [0.2, 0.25) is 0 Å². The van der Waals surface area contributed by atoms with Gasteiger partial charge in [0.2, 0.25) is 0 Å². The van der Waals surface area contributed by atoms with E-state index in [2.05, 4.69) is 36.4 Å². The first-order chi connectivity index (χ1) is 9.36. The molecule has 1 aromatic heterocycles. The Morgan fingerprint density at radius 2 is 1.42 bits per heavy atom. The molecule has 1 heterocycles. The first kappa shape index (κ1) is 11.9. The Balaban J connectivity index is 2.02. The largest absolute Gasteiger partial charge is 0.297 e. The van der Waals surface area contributed by atoms with Gasteiger partial charge in [0.05, 0.1) is 4.88 Å². The molecule has 92 valence electrons. The molecule has 0 amide bonds. The molecule has 0 fully saturated rings. The number of hydrogen-bond acceptors (Lipinski definition) is 2. The highest BCUT2D eigenvalue weighted by Crippen LogP contribution is 2.28. The second kappa shape index (κ2) is 5.21. The van der Waals surface area contributed by atoms with Crippen LogP contribution in [0.25, 0.3) is 22.3 Å². The molecular weight excluding hydrogens is 252 g/mol. The summed E-state index contributed by atoms with van der Waals surface area (Å²) in [4.78, 5) is 11.5. The van der Waals surface area contributed by atoms with Crippen molar-refractivity contribution in [1.82, 2.24) is 0 Å². The Hall–Kier alpha value is -2.19. The molecule has 1 nitrogen and oxygen atoms in total. The van der Waals surface area contributed by atoms with Crippen LogP contribution < -0.4 is 0 Å². The van der Waals surface area contributed by atoms with Crippen molar-refractivity contribution in [3.05, 3.63) is 70.9 Å². The minimum Gasteiger partial charge on any atom is -0.297 e. The van der Waals surface area contributed by atoms with Gasteiger partial charge in [-0.3, -0.25) is 4.79 Å². The van der Waals surface area contributed by atoms with Crippen LogP contribution >= 0.6 is 11.3 Å². The van der Waals surface area contributed by atoms with Crippen LogP contribution in [0.5, 0.6) is 0 Å².